The van der Waals surface area contributed by atoms with Crippen LogP contribution in [-0.2, 0) is 27.2 Å². The van der Waals surface area contributed by atoms with Crippen LogP contribution in [0.4, 0.5) is 9.59 Å². The Labute approximate surface area is 267 Å². The van der Waals surface area contributed by atoms with E-state index >= 15 is 0 Å². The molecule has 9 heteroatoms. The van der Waals surface area contributed by atoms with Crippen LogP contribution < -0.4 is 10.1 Å². The van der Waals surface area contributed by atoms with Crippen LogP contribution in [0.15, 0.2) is 66.7 Å². The molecule has 246 valence electrons. The molecule has 1 saturated heterocycles. The summed E-state index contributed by atoms with van der Waals surface area (Å²) in [6.45, 7) is 4.19. The summed E-state index contributed by atoms with van der Waals surface area (Å²) >= 11 is 0. The Bertz CT molecular complexity index is 1190. The van der Waals surface area contributed by atoms with Crippen LogP contribution in [0.2, 0.25) is 0 Å². The molecule has 45 heavy (non-hydrogen) atoms. The second-order valence-electron chi connectivity index (χ2n) is 11.9. The maximum atomic E-state index is 13.4. The van der Waals surface area contributed by atoms with Crippen LogP contribution in [0.1, 0.15) is 69.4 Å². The van der Waals surface area contributed by atoms with E-state index < -0.39 is 24.3 Å². The van der Waals surface area contributed by atoms with Crippen molar-refractivity contribution in [3.05, 3.63) is 77.9 Å². The van der Waals surface area contributed by atoms with E-state index in [0.717, 1.165) is 62.7 Å². The molecule has 4 atom stereocenters. The van der Waals surface area contributed by atoms with Gasteiger partial charge in [0.2, 0.25) is 0 Å². The number of β-amino-alcohol motifs (C(OH)–C–C–N with tert-alkyl or cyclic N) is 1. The minimum absolute atomic E-state index is 0.00737. The molecule has 0 spiro atoms. The molecule has 2 aliphatic heterocycles. The largest absolute Gasteiger partial charge is 0.493 e. The Morgan fingerprint density at radius 3 is 2.62 bits per heavy atom. The summed E-state index contributed by atoms with van der Waals surface area (Å²) in [5.74, 6) is 1.19. The zero-order chi connectivity index (χ0) is 31.7. The second kappa shape index (κ2) is 19.1. The normalized spacial score (nSPS) is 21.9. The van der Waals surface area contributed by atoms with Crippen LogP contribution in [0.5, 0.6) is 5.75 Å². The van der Waals surface area contributed by atoms with Crippen LogP contribution in [0.3, 0.4) is 0 Å². The van der Waals surface area contributed by atoms with Gasteiger partial charge in [-0.1, -0.05) is 74.0 Å². The lowest BCUT2D eigenvalue weighted by molar-refractivity contribution is 0.0463. The average Bonchev–Trinajstić information content (AvgIpc) is 3.51. The SMILES string of the molecule is CC[C@@H]1CCO[C@@H]1CCOC(=O)N[C@@H](Cc1ccccc1)[C@H](O)CN1CCC/C=C\CCCCOc2ccccc2COC1=O. The number of carbonyl (C=O) groups excluding carboxylic acids is 2. The third-order valence-electron chi connectivity index (χ3n) is 8.55. The first kappa shape index (κ1) is 34.3. The van der Waals surface area contributed by atoms with Crippen molar-refractivity contribution in [3.8, 4) is 5.75 Å². The molecule has 1 fully saturated rings. The number of benzene rings is 2. The van der Waals surface area contributed by atoms with E-state index in [-0.39, 0.29) is 25.9 Å². The predicted molar refractivity (Wildman–Crippen MR) is 173 cm³/mol. The minimum Gasteiger partial charge on any atom is -0.493 e. The van der Waals surface area contributed by atoms with Gasteiger partial charge in [-0.15, -0.1) is 0 Å². The van der Waals surface area contributed by atoms with Crippen molar-refractivity contribution in [3.63, 3.8) is 0 Å². The lowest BCUT2D eigenvalue weighted by Crippen LogP contribution is -2.51. The van der Waals surface area contributed by atoms with Crippen LogP contribution in [0.25, 0.3) is 0 Å². The lowest BCUT2D eigenvalue weighted by Gasteiger charge is -2.30. The molecule has 0 bridgehead atoms. The highest BCUT2D eigenvalue weighted by Gasteiger charge is 2.29. The lowest BCUT2D eigenvalue weighted by atomic mass is 9.97. The number of nitrogens with zero attached hydrogens (tertiary/aromatic N) is 1. The number of nitrogens with one attached hydrogen (secondary N) is 1. The number of alkyl carbamates (subject to hydrolysis) is 1. The van der Waals surface area contributed by atoms with Crippen LogP contribution in [-0.4, -0.2) is 73.4 Å². The Balaban J connectivity index is 1.41. The highest BCUT2D eigenvalue weighted by Crippen LogP contribution is 2.26. The van der Waals surface area contributed by atoms with Gasteiger partial charge < -0.3 is 34.3 Å². The van der Waals surface area contributed by atoms with Crippen LogP contribution >= 0.6 is 0 Å². The second-order valence-corrected chi connectivity index (χ2v) is 11.9. The first-order valence-corrected chi connectivity index (χ1v) is 16.6. The number of cyclic esters (lactones) is 1. The van der Waals surface area contributed by atoms with E-state index in [1.165, 1.54) is 4.90 Å². The van der Waals surface area contributed by atoms with Gasteiger partial charge in [0.05, 0.1) is 38.0 Å². The molecule has 2 amide bonds. The van der Waals surface area contributed by atoms with Crippen molar-refractivity contribution in [2.75, 3.05) is 32.9 Å². The topological polar surface area (TPSA) is 107 Å². The molecule has 2 aromatic carbocycles. The third kappa shape index (κ3) is 11.7. The number of aliphatic hydroxyl groups is 1. The molecule has 2 N–H and O–H groups in total. The zero-order valence-electron chi connectivity index (χ0n) is 26.6. The van der Waals surface area contributed by atoms with Crippen molar-refractivity contribution in [1.82, 2.24) is 10.2 Å². The molecular formula is C36H50N2O7. The van der Waals surface area contributed by atoms with Gasteiger partial charge in [0.25, 0.3) is 0 Å². The number of hydrogen-bond donors (Lipinski definition) is 2. The van der Waals surface area contributed by atoms with E-state index in [2.05, 4.69) is 24.4 Å². The van der Waals surface area contributed by atoms with Gasteiger partial charge in [-0.3, -0.25) is 0 Å². The number of para-hydroxylation sites is 1. The number of rotatable bonds is 10. The maximum absolute atomic E-state index is 13.4. The number of aliphatic hydroxyl groups excluding tert-OH is 1. The number of carbonyl (C=O) groups is 2. The quantitative estimate of drug-likeness (QED) is 0.294. The van der Waals surface area contributed by atoms with Gasteiger partial charge >= 0.3 is 12.2 Å². The summed E-state index contributed by atoms with van der Waals surface area (Å²) in [7, 11) is 0. The highest BCUT2D eigenvalue weighted by molar-refractivity contribution is 5.68. The molecule has 0 radical (unpaired) electrons. The highest BCUT2D eigenvalue weighted by atomic mass is 16.6. The Kier molecular flexibility index (Phi) is 14.5. The summed E-state index contributed by atoms with van der Waals surface area (Å²) in [6.07, 6.45) is 9.80. The number of ether oxygens (including phenoxy) is 4. The molecule has 0 saturated carbocycles. The van der Waals surface area contributed by atoms with Crippen molar-refractivity contribution < 1.29 is 33.6 Å². The first-order chi connectivity index (χ1) is 22.0. The molecule has 2 aromatic rings. The van der Waals surface area contributed by atoms with Crippen molar-refractivity contribution >= 4 is 12.2 Å². The summed E-state index contributed by atoms with van der Waals surface area (Å²) in [5.41, 5.74) is 1.74. The minimum atomic E-state index is -1.07. The predicted octanol–water partition coefficient (Wildman–Crippen LogP) is 6.43. The van der Waals surface area contributed by atoms with Gasteiger partial charge in [-0.05, 0) is 62.5 Å². The number of amides is 2. The van der Waals surface area contributed by atoms with E-state index in [4.69, 9.17) is 18.9 Å². The zero-order valence-corrected chi connectivity index (χ0v) is 26.6. The van der Waals surface area contributed by atoms with E-state index in [9.17, 15) is 14.7 Å². The van der Waals surface area contributed by atoms with Crippen molar-refractivity contribution in [2.45, 2.75) is 89.6 Å². The Morgan fingerprint density at radius 1 is 1.02 bits per heavy atom. The fourth-order valence-corrected chi connectivity index (χ4v) is 5.88. The summed E-state index contributed by atoms with van der Waals surface area (Å²) in [5, 5.41) is 14.3. The molecule has 0 unspecified atom stereocenters. The summed E-state index contributed by atoms with van der Waals surface area (Å²) in [6, 6.07) is 16.5. The third-order valence-corrected chi connectivity index (χ3v) is 8.55. The van der Waals surface area contributed by atoms with Gasteiger partial charge in [0.15, 0.2) is 0 Å². The fraction of sp³-hybridized carbons (Fsp3) is 0.556. The fourth-order valence-electron chi connectivity index (χ4n) is 5.88. The van der Waals surface area contributed by atoms with Crippen molar-refractivity contribution in [2.24, 2.45) is 5.92 Å². The smallest absolute Gasteiger partial charge is 0.410 e. The molecule has 2 aliphatic rings. The molecular weight excluding hydrogens is 572 g/mol. The van der Waals surface area contributed by atoms with Crippen molar-refractivity contribution in [1.29, 1.82) is 0 Å². The van der Waals surface area contributed by atoms with Gasteiger partial charge in [-0.2, -0.15) is 0 Å². The van der Waals surface area contributed by atoms with E-state index in [1.54, 1.807) is 0 Å². The van der Waals surface area contributed by atoms with Gasteiger partial charge in [-0.25, -0.2) is 9.59 Å². The molecule has 4 rings (SSSR count). The van der Waals surface area contributed by atoms with Crippen LogP contribution in [0, 0.1) is 5.92 Å². The molecule has 0 aliphatic carbocycles. The van der Waals surface area contributed by atoms with E-state index in [0.29, 0.717) is 37.7 Å². The number of hydrogen-bond acceptors (Lipinski definition) is 7. The van der Waals surface area contributed by atoms with E-state index in [1.807, 2.05) is 54.6 Å². The first-order valence-electron chi connectivity index (χ1n) is 16.6. The van der Waals surface area contributed by atoms with Gasteiger partial charge in [0.1, 0.15) is 12.4 Å². The monoisotopic (exact) mass is 622 g/mol. The molecule has 9 nitrogen and oxygen atoms in total. The maximum Gasteiger partial charge on any atom is 0.410 e. The Hall–Kier alpha value is -3.56. The number of allylic oxidation sites excluding steroid dienone is 2. The summed E-state index contributed by atoms with van der Waals surface area (Å²) in [4.78, 5) is 27.8. The number of fused-ring (bicyclic) bond motifs is 1. The average molecular weight is 623 g/mol. The standard InChI is InChI=1S/C36H50N2O7/c1-2-29-19-23-43-34(29)20-24-44-35(40)37-31(25-28-15-9-8-10-16-28)32(39)26-38-21-13-6-4-3-5-7-14-22-42-33-18-12-11-17-30(33)27-45-36(38)41/h3-4,8-12,15-18,29,31-32,34,39H,2,5-7,13-14,19-27H2,1H3,(H,37,40)/b4-3-/t29-,31+,32-,34-/m1/s1. The molecule has 2 heterocycles. The van der Waals surface area contributed by atoms with Gasteiger partial charge in [0, 0.05) is 25.1 Å². The molecule has 0 aromatic heterocycles. The Morgan fingerprint density at radius 2 is 1.80 bits per heavy atom. The summed E-state index contributed by atoms with van der Waals surface area (Å²) < 4.78 is 23.1.